The van der Waals surface area contributed by atoms with Crippen LogP contribution in [0.2, 0.25) is 0 Å². The fourth-order valence-corrected chi connectivity index (χ4v) is 1.93. The molecule has 0 atom stereocenters. The summed E-state index contributed by atoms with van der Waals surface area (Å²) in [5.74, 6) is 0.159. The number of nitrogen functional groups attached to an aromatic ring is 1. The van der Waals surface area contributed by atoms with Gasteiger partial charge >= 0.3 is 0 Å². The van der Waals surface area contributed by atoms with Crippen LogP contribution in [0.3, 0.4) is 0 Å². The van der Waals surface area contributed by atoms with E-state index >= 15 is 0 Å². The van der Waals surface area contributed by atoms with E-state index in [4.69, 9.17) is 5.73 Å². The lowest BCUT2D eigenvalue weighted by atomic mass is 10.1. The van der Waals surface area contributed by atoms with Crippen LogP contribution in [0, 0.1) is 5.82 Å². The smallest absolute Gasteiger partial charge is 0.131 e. The van der Waals surface area contributed by atoms with Crippen LogP contribution in [0.4, 0.5) is 10.2 Å². The number of fused-ring (bicyclic) bond motifs is 1. The lowest BCUT2D eigenvalue weighted by Crippen LogP contribution is -1.98. The number of anilines is 1. The molecule has 0 amide bonds. The van der Waals surface area contributed by atoms with Crippen molar-refractivity contribution in [2.45, 2.75) is 0 Å². The number of nitrogens with one attached hydrogen (secondary N) is 1. The summed E-state index contributed by atoms with van der Waals surface area (Å²) in [4.78, 5) is 3.05. The number of benzene rings is 1. The molecule has 2 aromatic heterocycles. The largest absolute Gasteiger partial charge is 0.383 e. The third kappa shape index (κ3) is 1.39. The molecule has 3 aromatic rings. The number of hydrogen-bond acceptors (Lipinski definition) is 2. The molecule has 0 bridgehead atoms. The molecule has 3 rings (SSSR count). The molecule has 0 aliphatic carbocycles. The highest BCUT2D eigenvalue weighted by atomic mass is 19.1. The van der Waals surface area contributed by atoms with E-state index in [2.05, 4.69) is 10.1 Å². The number of aryl methyl sites for hydroxylation is 1. The van der Waals surface area contributed by atoms with E-state index in [1.807, 2.05) is 6.07 Å². The molecule has 0 fully saturated rings. The zero-order chi connectivity index (χ0) is 12.0. The number of H-pyrrole nitrogens is 1. The van der Waals surface area contributed by atoms with Crippen molar-refractivity contribution in [1.82, 2.24) is 14.8 Å². The summed E-state index contributed by atoms with van der Waals surface area (Å²) in [6.45, 7) is 0. The number of aromatic amines is 1. The van der Waals surface area contributed by atoms with Gasteiger partial charge in [-0.2, -0.15) is 5.10 Å². The zero-order valence-corrected chi connectivity index (χ0v) is 9.24. The van der Waals surface area contributed by atoms with Gasteiger partial charge in [0.25, 0.3) is 0 Å². The molecule has 17 heavy (non-hydrogen) atoms. The summed E-state index contributed by atoms with van der Waals surface area (Å²) in [7, 11) is 1.73. The van der Waals surface area contributed by atoms with E-state index in [-0.39, 0.29) is 5.82 Å². The maximum Gasteiger partial charge on any atom is 0.131 e. The molecular formula is C12H11FN4. The Morgan fingerprint density at radius 1 is 1.35 bits per heavy atom. The monoisotopic (exact) mass is 230 g/mol. The van der Waals surface area contributed by atoms with Gasteiger partial charge in [-0.05, 0) is 18.2 Å². The van der Waals surface area contributed by atoms with Crippen molar-refractivity contribution in [3.05, 3.63) is 36.4 Å². The lowest BCUT2D eigenvalue weighted by Gasteiger charge is -2.03. The first-order chi connectivity index (χ1) is 8.16. The Labute approximate surface area is 96.9 Å². The number of hydrogen-bond donors (Lipinski definition) is 2. The Balaban J connectivity index is 2.29. The van der Waals surface area contributed by atoms with Gasteiger partial charge in [0.05, 0.1) is 6.20 Å². The summed E-state index contributed by atoms with van der Waals surface area (Å²) in [5, 5.41) is 4.86. The molecular weight excluding hydrogens is 219 g/mol. The van der Waals surface area contributed by atoms with Crippen molar-refractivity contribution >= 4 is 16.7 Å². The van der Waals surface area contributed by atoms with Crippen molar-refractivity contribution in [3.63, 3.8) is 0 Å². The molecule has 0 saturated carbocycles. The molecule has 0 unspecified atom stereocenters. The Kier molecular flexibility index (Phi) is 1.95. The van der Waals surface area contributed by atoms with Crippen molar-refractivity contribution in [3.8, 4) is 11.1 Å². The van der Waals surface area contributed by atoms with Crippen molar-refractivity contribution in [2.24, 2.45) is 7.05 Å². The van der Waals surface area contributed by atoms with Crippen LogP contribution in [0.5, 0.6) is 0 Å². The predicted octanol–water partition coefficient (Wildman–Crippen LogP) is 2.29. The van der Waals surface area contributed by atoms with E-state index in [9.17, 15) is 4.39 Å². The van der Waals surface area contributed by atoms with Gasteiger partial charge in [-0.3, -0.25) is 4.68 Å². The third-order valence-electron chi connectivity index (χ3n) is 2.92. The van der Waals surface area contributed by atoms with E-state index in [0.717, 1.165) is 10.9 Å². The number of aromatic nitrogens is 3. The summed E-state index contributed by atoms with van der Waals surface area (Å²) >= 11 is 0. The van der Waals surface area contributed by atoms with Gasteiger partial charge in [0, 0.05) is 35.3 Å². The summed E-state index contributed by atoms with van der Waals surface area (Å²) in [6.07, 6.45) is 3.35. The van der Waals surface area contributed by atoms with E-state index in [0.29, 0.717) is 16.9 Å². The van der Waals surface area contributed by atoms with Crippen molar-refractivity contribution in [2.75, 3.05) is 5.73 Å². The summed E-state index contributed by atoms with van der Waals surface area (Å²) < 4.78 is 15.5. The molecule has 5 heteroatoms. The highest BCUT2D eigenvalue weighted by Crippen LogP contribution is 2.30. The second kappa shape index (κ2) is 3.35. The highest BCUT2D eigenvalue weighted by molar-refractivity contribution is 5.87. The van der Waals surface area contributed by atoms with Gasteiger partial charge in [0.15, 0.2) is 0 Å². The minimum absolute atomic E-state index is 0.295. The van der Waals surface area contributed by atoms with Gasteiger partial charge < -0.3 is 10.7 Å². The second-order valence-corrected chi connectivity index (χ2v) is 3.96. The molecule has 0 saturated heterocycles. The first-order valence-electron chi connectivity index (χ1n) is 5.21. The standard InChI is InChI=1S/C12H11FN4/c1-17-12(14)9(6-16-17)8-5-11-7(2-3-15-11)4-10(8)13/h2-6,15H,14H2,1H3. The maximum absolute atomic E-state index is 14.0. The molecule has 4 nitrogen and oxygen atoms in total. The van der Waals surface area contributed by atoms with Crippen LogP contribution in [-0.4, -0.2) is 14.8 Å². The topological polar surface area (TPSA) is 59.6 Å². The normalized spacial score (nSPS) is 11.2. The second-order valence-electron chi connectivity index (χ2n) is 3.96. The van der Waals surface area contributed by atoms with Crippen LogP contribution >= 0.6 is 0 Å². The molecule has 86 valence electrons. The fraction of sp³-hybridized carbons (Fsp3) is 0.0833. The SMILES string of the molecule is Cn1ncc(-c2cc3[nH]ccc3cc2F)c1N. The van der Waals surface area contributed by atoms with E-state index in [1.54, 1.807) is 25.5 Å². The van der Waals surface area contributed by atoms with Crippen molar-refractivity contribution in [1.29, 1.82) is 0 Å². The van der Waals surface area contributed by atoms with Gasteiger partial charge in [0.1, 0.15) is 11.6 Å². The number of nitrogens with two attached hydrogens (primary N) is 1. The van der Waals surface area contributed by atoms with Gasteiger partial charge in [0.2, 0.25) is 0 Å². The minimum atomic E-state index is -0.295. The van der Waals surface area contributed by atoms with Crippen LogP contribution in [-0.2, 0) is 7.05 Å². The highest BCUT2D eigenvalue weighted by Gasteiger charge is 2.13. The van der Waals surface area contributed by atoms with Gasteiger partial charge in [-0.15, -0.1) is 0 Å². The molecule has 3 N–H and O–H groups in total. The third-order valence-corrected chi connectivity index (χ3v) is 2.92. The van der Waals surface area contributed by atoms with Crippen LogP contribution in [0.25, 0.3) is 22.0 Å². The molecule has 1 aromatic carbocycles. The maximum atomic E-state index is 14.0. The Hall–Kier alpha value is -2.30. The summed E-state index contributed by atoms with van der Waals surface area (Å²) in [5.41, 5.74) is 7.80. The number of rotatable bonds is 1. The predicted molar refractivity (Wildman–Crippen MR) is 64.9 cm³/mol. The zero-order valence-electron chi connectivity index (χ0n) is 9.24. The molecule has 0 aliphatic heterocycles. The van der Waals surface area contributed by atoms with Crippen molar-refractivity contribution < 1.29 is 4.39 Å². The number of halogens is 1. The lowest BCUT2D eigenvalue weighted by molar-refractivity contribution is 0.633. The first kappa shape index (κ1) is 9.89. The molecule has 2 heterocycles. The molecule has 0 radical (unpaired) electrons. The van der Waals surface area contributed by atoms with Gasteiger partial charge in [-0.25, -0.2) is 4.39 Å². The number of nitrogens with zero attached hydrogens (tertiary/aromatic N) is 2. The average molecular weight is 230 g/mol. The van der Waals surface area contributed by atoms with Gasteiger partial charge in [-0.1, -0.05) is 0 Å². The average Bonchev–Trinajstić information content (AvgIpc) is 2.86. The Bertz CT molecular complexity index is 696. The van der Waals surface area contributed by atoms with E-state index < -0.39 is 0 Å². The quantitative estimate of drug-likeness (QED) is 0.673. The Morgan fingerprint density at radius 2 is 2.18 bits per heavy atom. The molecule has 0 spiro atoms. The van der Waals surface area contributed by atoms with Crippen LogP contribution in [0.15, 0.2) is 30.6 Å². The van der Waals surface area contributed by atoms with Crippen LogP contribution < -0.4 is 5.73 Å². The first-order valence-corrected chi connectivity index (χ1v) is 5.21. The van der Waals surface area contributed by atoms with Crippen LogP contribution in [0.1, 0.15) is 0 Å². The minimum Gasteiger partial charge on any atom is -0.383 e. The summed E-state index contributed by atoms with van der Waals surface area (Å²) in [6, 6.07) is 5.07. The Morgan fingerprint density at radius 3 is 2.88 bits per heavy atom. The van der Waals surface area contributed by atoms with E-state index in [1.165, 1.54) is 10.7 Å². The molecule has 0 aliphatic rings. The fourth-order valence-electron chi connectivity index (χ4n) is 1.93.